The number of aromatic amines is 1. The molecule has 0 saturated carbocycles. The van der Waals surface area contributed by atoms with E-state index >= 15 is 0 Å². The van der Waals surface area contributed by atoms with Crippen molar-refractivity contribution >= 4 is 22.4 Å². The Morgan fingerprint density at radius 3 is 2.40 bits per heavy atom. The van der Waals surface area contributed by atoms with Crippen molar-refractivity contribution < 1.29 is 4.39 Å². The Labute approximate surface area is 146 Å². The highest BCUT2D eigenvalue weighted by Gasteiger charge is 2.25. The third-order valence-corrected chi connectivity index (χ3v) is 4.12. The van der Waals surface area contributed by atoms with Crippen molar-refractivity contribution in [1.29, 1.82) is 0 Å². The van der Waals surface area contributed by atoms with Gasteiger partial charge in [0.05, 0.1) is 16.6 Å². The fourth-order valence-corrected chi connectivity index (χ4v) is 3.33. The Kier molecular flexibility index (Phi) is 4.39. The SMILES string of the molecule is CN(C)CC(C)(C)n1c(=O)[nH]c2cc(Nc3ccc(F)cc3)ccc21. The number of nitrogens with zero attached hydrogens (tertiary/aromatic N) is 2. The molecule has 6 heteroatoms. The number of H-pyrrole nitrogens is 1. The van der Waals surface area contributed by atoms with Crippen molar-refractivity contribution in [2.45, 2.75) is 19.4 Å². The Balaban J connectivity index is 1.97. The van der Waals surface area contributed by atoms with Gasteiger partial charge in [-0.05, 0) is 70.4 Å². The smallest absolute Gasteiger partial charge is 0.327 e. The van der Waals surface area contributed by atoms with E-state index in [4.69, 9.17) is 0 Å². The molecule has 2 N–H and O–H groups in total. The third kappa shape index (κ3) is 3.58. The Morgan fingerprint density at radius 2 is 1.76 bits per heavy atom. The number of benzene rings is 2. The van der Waals surface area contributed by atoms with Gasteiger partial charge in [0.2, 0.25) is 0 Å². The van der Waals surface area contributed by atoms with Crippen LogP contribution in [0.3, 0.4) is 0 Å². The molecule has 0 unspecified atom stereocenters. The first kappa shape index (κ1) is 17.2. The predicted molar refractivity (Wildman–Crippen MR) is 100 cm³/mol. The van der Waals surface area contributed by atoms with Crippen LogP contribution in [0.2, 0.25) is 0 Å². The van der Waals surface area contributed by atoms with Gasteiger partial charge in [0.15, 0.2) is 0 Å². The van der Waals surface area contributed by atoms with Crippen LogP contribution in [0.25, 0.3) is 11.0 Å². The summed E-state index contributed by atoms with van der Waals surface area (Å²) >= 11 is 0. The second-order valence-corrected chi connectivity index (χ2v) is 7.18. The zero-order valence-corrected chi connectivity index (χ0v) is 14.9. The summed E-state index contributed by atoms with van der Waals surface area (Å²) in [6.07, 6.45) is 0. The summed E-state index contributed by atoms with van der Waals surface area (Å²) in [6, 6.07) is 11.9. The lowest BCUT2D eigenvalue weighted by atomic mass is 10.0. The molecule has 0 amide bonds. The molecule has 0 bridgehead atoms. The molecule has 0 aliphatic rings. The maximum atomic E-state index is 13.0. The molecular formula is C19H23FN4O. The van der Waals surface area contributed by atoms with Crippen LogP contribution < -0.4 is 11.0 Å². The molecule has 3 rings (SSSR count). The molecule has 0 aliphatic heterocycles. The lowest BCUT2D eigenvalue weighted by Crippen LogP contribution is -2.42. The van der Waals surface area contributed by atoms with Crippen molar-refractivity contribution in [1.82, 2.24) is 14.5 Å². The standard InChI is InChI=1S/C19H23FN4O/c1-19(2,12-23(3)4)24-17-10-9-15(11-16(17)22-18(24)25)21-14-7-5-13(20)6-8-14/h5-11,21H,12H2,1-4H3,(H,22,25). The normalized spacial score (nSPS) is 12.1. The molecule has 0 saturated heterocycles. The van der Waals surface area contributed by atoms with Gasteiger partial charge in [-0.2, -0.15) is 0 Å². The van der Waals surface area contributed by atoms with Gasteiger partial charge in [-0.1, -0.05) is 0 Å². The summed E-state index contributed by atoms with van der Waals surface area (Å²) in [5, 5.41) is 3.22. The highest BCUT2D eigenvalue weighted by atomic mass is 19.1. The van der Waals surface area contributed by atoms with Gasteiger partial charge in [-0.3, -0.25) is 4.57 Å². The zero-order valence-electron chi connectivity index (χ0n) is 14.9. The van der Waals surface area contributed by atoms with Crippen molar-refractivity contribution in [3.63, 3.8) is 0 Å². The molecule has 0 atom stereocenters. The maximum absolute atomic E-state index is 13.0. The highest BCUT2D eigenvalue weighted by molar-refractivity contribution is 5.81. The van der Waals surface area contributed by atoms with Gasteiger partial charge in [-0.15, -0.1) is 0 Å². The number of nitrogens with one attached hydrogen (secondary N) is 2. The number of hydrogen-bond acceptors (Lipinski definition) is 3. The number of anilines is 2. The van der Waals surface area contributed by atoms with E-state index in [0.717, 1.165) is 29.0 Å². The number of halogens is 1. The predicted octanol–water partition coefficient (Wildman–Crippen LogP) is 3.51. The molecular weight excluding hydrogens is 319 g/mol. The highest BCUT2D eigenvalue weighted by Crippen LogP contribution is 2.25. The van der Waals surface area contributed by atoms with Crippen LogP contribution in [0.5, 0.6) is 0 Å². The number of fused-ring (bicyclic) bond motifs is 1. The molecule has 0 spiro atoms. The number of rotatable bonds is 5. The fraction of sp³-hybridized carbons (Fsp3) is 0.316. The number of hydrogen-bond donors (Lipinski definition) is 2. The van der Waals surface area contributed by atoms with Gasteiger partial charge in [0, 0.05) is 17.9 Å². The van der Waals surface area contributed by atoms with E-state index in [1.54, 1.807) is 16.7 Å². The molecule has 0 fully saturated rings. The molecule has 0 aliphatic carbocycles. The maximum Gasteiger partial charge on any atom is 0.327 e. The van der Waals surface area contributed by atoms with E-state index in [1.165, 1.54) is 12.1 Å². The van der Waals surface area contributed by atoms with Gasteiger partial charge in [-0.25, -0.2) is 9.18 Å². The van der Waals surface area contributed by atoms with Gasteiger partial charge < -0.3 is 15.2 Å². The van der Waals surface area contributed by atoms with Crippen LogP contribution in [0.15, 0.2) is 47.3 Å². The largest absolute Gasteiger partial charge is 0.355 e. The van der Waals surface area contributed by atoms with Crippen molar-refractivity contribution in [3.05, 3.63) is 58.8 Å². The van der Waals surface area contributed by atoms with E-state index < -0.39 is 0 Å². The minimum absolute atomic E-state index is 0.124. The topological polar surface area (TPSA) is 53.1 Å². The summed E-state index contributed by atoms with van der Waals surface area (Å²) in [6.45, 7) is 4.84. The van der Waals surface area contributed by atoms with E-state index in [-0.39, 0.29) is 17.0 Å². The molecule has 1 heterocycles. The van der Waals surface area contributed by atoms with Crippen LogP contribution in [0.1, 0.15) is 13.8 Å². The molecule has 2 aromatic carbocycles. The van der Waals surface area contributed by atoms with Crippen molar-refractivity contribution in [2.75, 3.05) is 26.0 Å². The Bertz CT molecular complexity index is 938. The van der Waals surface area contributed by atoms with Crippen LogP contribution in [-0.4, -0.2) is 35.1 Å². The Hall–Kier alpha value is -2.60. The lowest BCUT2D eigenvalue weighted by Gasteiger charge is -2.29. The Morgan fingerprint density at radius 1 is 1.12 bits per heavy atom. The summed E-state index contributed by atoms with van der Waals surface area (Å²) < 4.78 is 14.8. The quantitative estimate of drug-likeness (QED) is 0.746. The monoisotopic (exact) mass is 342 g/mol. The zero-order chi connectivity index (χ0) is 18.2. The van der Waals surface area contributed by atoms with Crippen LogP contribution in [0, 0.1) is 5.82 Å². The number of likely N-dealkylation sites (N-methyl/N-ethyl adjacent to an activating group) is 1. The van der Waals surface area contributed by atoms with Crippen LogP contribution >= 0.6 is 0 Å². The van der Waals surface area contributed by atoms with Crippen molar-refractivity contribution in [2.24, 2.45) is 0 Å². The third-order valence-electron chi connectivity index (χ3n) is 4.12. The molecule has 0 radical (unpaired) electrons. The summed E-state index contributed by atoms with van der Waals surface area (Å²) in [7, 11) is 3.98. The molecule has 25 heavy (non-hydrogen) atoms. The number of aromatic nitrogens is 2. The first-order valence-corrected chi connectivity index (χ1v) is 8.19. The van der Waals surface area contributed by atoms with Gasteiger partial charge >= 0.3 is 5.69 Å². The second-order valence-electron chi connectivity index (χ2n) is 7.18. The van der Waals surface area contributed by atoms with E-state index in [1.807, 2.05) is 46.1 Å². The lowest BCUT2D eigenvalue weighted by molar-refractivity contribution is 0.242. The number of imidazole rings is 1. The molecule has 5 nitrogen and oxygen atoms in total. The molecule has 132 valence electrons. The summed E-state index contributed by atoms with van der Waals surface area (Å²) in [5.41, 5.74) is 2.78. The fourth-order valence-electron chi connectivity index (χ4n) is 3.33. The molecule has 3 aromatic rings. The summed E-state index contributed by atoms with van der Waals surface area (Å²) in [5.74, 6) is -0.273. The van der Waals surface area contributed by atoms with Gasteiger partial charge in [0.25, 0.3) is 0 Å². The van der Waals surface area contributed by atoms with E-state index in [2.05, 4.69) is 15.2 Å². The summed E-state index contributed by atoms with van der Waals surface area (Å²) in [4.78, 5) is 17.5. The van der Waals surface area contributed by atoms with E-state index in [9.17, 15) is 9.18 Å². The first-order chi connectivity index (χ1) is 11.8. The first-order valence-electron chi connectivity index (χ1n) is 8.19. The van der Waals surface area contributed by atoms with Gasteiger partial charge in [0.1, 0.15) is 5.82 Å². The molecule has 1 aromatic heterocycles. The second kappa shape index (κ2) is 6.37. The minimum atomic E-state index is -0.343. The van der Waals surface area contributed by atoms with Crippen LogP contribution in [0.4, 0.5) is 15.8 Å². The average Bonchev–Trinajstić information content (AvgIpc) is 2.84. The van der Waals surface area contributed by atoms with Crippen molar-refractivity contribution in [3.8, 4) is 0 Å². The van der Waals surface area contributed by atoms with Crippen LogP contribution in [-0.2, 0) is 5.54 Å². The minimum Gasteiger partial charge on any atom is -0.355 e. The average molecular weight is 342 g/mol. The van der Waals surface area contributed by atoms with E-state index in [0.29, 0.717) is 0 Å².